The number of hydrogen-bond donors (Lipinski definition) is 0. The molecule has 0 aromatic heterocycles. The van der Waals surface area contributed by atoms with E-state index in [1.807, 2.05) is 0 Å². The topological polar surface area (TPSA) is 18.5 Å². The van der Waals surface area contributed by atoms with E-state index in [9.17, 15) is 0 Å². The number of fused-ring (bicyclic) bond motifs is 1. The summed E-state index contributed by atoms with van der Waals surface area (Å²) in [6.45, 7) is 2.83. The zero-order chi connectivity index (χ0) is 6.81. The summed E-state index contributed by atoms with van der Waals surface area (Å²) in [5, 5.41) is 0. The van der Waals surface area contributed by atoms with E-state index in [2.05, 4.69) is 0 Å². The van der Waals surface area contributed by atoms with E-state index >= 15 is 0 Å². The number of ether oxygens (including phenoxy) is 2. The molecule has 2 fully saturated rings. The van der Waals surface area contributed by atoms with Crippen LogP contribution in [0.15, 0.2) is 0 Å². The van der Waals surface area contributed by atoms with Crippen molar-refractivity contribution in [1.29, 1.82) is 0 Å². The predicted molar refractivity (Wildman–Crippen MR) is 37.9 cm³/mol. The van der Waals surface area contributed by atoms with E-state index in [1.54, 1.807) is 0 Å². The Kier molecular flexibility index (Phi) is 1.91. The summed E-state index contributed by atoms with van der Waals surface area (Å²) >= 11 is 0. The minimum Gasteiger partial charge on any atom is -0.381 e. The minimum absolute atomic E-state index is 0.530. The van der Waals surface area contributed by atoms with Crippen molar-refractivity contribution in [3.8, 4) is 0 Å². The zero-order valence-corrected chi connectivity index (χ0v) is 6.21. The highest BCUT2D eigenvalue weighted by atomic mass is 16.5. The molecule has 2 aliphatic rings. The van der Waals surface area contributed by atoms with Crippen molar-refractivity contribution in [2.75, 3.05) is 19.8 Å². The van der Waals surface area contributed by atoms with Crippen molar-refractivity contribution in [2.24, 2.45) is 5.92 Å². The number of rotatable bonds is 0. The first-order valence-corrected chi connectivity index (χ1v) is 4.16. The molecular formula is C8H14O2. The van der Waals surface area contributed by atoms with Crippen LogP contribution in [0.5, 0.6) is 0 Å². The molecule has 2 heteroatoms. The van der Waals surface area contributed by atoms with Crippen LogP contribution in [0.1, 0.15) is 19.3 Å². The van der Waals surface area contributed by atoms with Crippen LogP contribution in [0.25, 0.3) is 0 Å². The van der Waals surface area contributed by atoms with Crippen LogP contribution in [-0.2, 0) is 9.47 Å². The van der Waals surface area contributed by atoms with Crippen molar-refractivity contribution < 1.29 is 9.47 Å². The van der Waals surface area contributed by atoms with Gasteiger partial charge in [0.25, 0.3) is 0 Å². The Bertz CT molecular complexity index is 102. The summed E-state index contributed by atoms with van der Waals surface area (Å²) in [4.78, 5) is 0. The summed E-state index contributed by atoms with van der Waals surface area (Å²) in [5.41, 5.74) is 0. The lowest BCUT2D eigenvalue weighted by molar-refractivity contribution is 0.0719. The molecule has 0 aromatic carbocycles. The van der Waals surface area contributed by atoms with Crippen molar-refractivity contribution >= 4 is 0 Å². The van der Waals surface area contributed by atoms with E-state index < -0.39 is 0 Å². The second kappa shape index (κ2) is 2.89. The van der Waals surface area contributed by atoms with Gasteiger partial charge in [0, 0.05) is 19.1 Å². The molecule has 10 heavy (non-hydrogen) atoms. The van der Waals surface area contributed by atoms with Gasteiger partial charge in [0.2, 0.25) is 0 Å². The summed E-state index contributed by atoms with van der Waals surface area (Å²) in [5.74, 6) is 0.711. The smallest absolute Gasteiger partial charge is 0.0626 e. The SMILES string of the molecule is C1COCC2CCOC2C1. The van der Waals surface area contributed by atoms with Crippen molar-refractivity contribution in [3.05, 3.63) is 0 Å². The molecule has 2 rings (SSSR count). The van der Waals surface area contributed by atoms with Gasteiger partial charge >= 0.3 is 0 Å². The molecular weight excluding hydrogens is 128 g/mol. The Labute approximate surface area is 61.5 Å². The van der Waals surface area contributed by atoms with Crippen LogP contribution < -0.4 is 0 Å². The maximum Gasteiger partial charge on any atom is 0.0626 e. The monoisotopic (exact) mass is 142 g/mol. The van der Waals surface area contributed by atoms with E-state index in [0.29, 0.717) is 12.0 Å². The Morgan fingerprint density at radius 2 is 2.10 bits per heavy atom. The molecule has 2 heterocycles. The molecule has 0 saturated carbocycles. The minimum atomic E-state index is 0.530. The third-order valence-corrected chi connectivity index (χ3v) is 2.46. The van der Waals surface area contributed by atoms with Gasteiger partial charge in [0.05, 0.1) is 12.7 Å². The zero-order valence-electron chi connectivity index (χ0n) is 6.21. The molecule has 2 saturated heterocycles. The normalized spacial score (nSPS) is 40.8. The molecule has 2 unspecified atom stereocenters. The van der Waals surface area contributed by atoms with Crippen molar-refractivity contribution in [2.45, 2.75) is 25.4 Å². The largest absolute Gasteiger partial charge is 0.381 e. The molecule has 2 nitrogen and oxygen atoms in total. The highest BCUT2D eigenvalue weighted by Crippen LogP contribution is 2.26. The first-order valence-electron chi connectivity index (χ1n) is 4.16. The van der Waals surface area contributed by atoms with E-state index in [4.69, 9.17) is 9.47 Å². The highest BCUT2D eigenvalue weighted by Gasteiger charge is 2.29. The van der Waals surface area contributed by atoms with Gasteiger partial charge in [-0.2, -0.15) is 0 Å². The Balaban J connectivity index is 1.95. The highest BCUT2D eigenvalue weighted by molar-refractivity contribution is 4.77. The Morgan fingerprint density at radius 1 is 1.10 bits per heavy atom. The van der Waals surface area contributed by atoms with Crippen LogP contribution in [0.2, 0.25) is 0 Å². The fourth-order valence-electron chi connectivity index (χ4n) is 1.82. The first kappa shape index (κ1) is 6.62. The van der Waals surface area contributed by atoms with Crippen LogP contribution in [0.4, 0.5) is 0 Å². The van der Waals surface area contributed by atoms with Gasteiger partial charge in [-0.1, -0.05) is 0 Å². The molecule has 0 aliphatic carbocycles. The van der Waals surface area contributed by atoms with Gasteiger partial charge in [0.15, 0.2) is 0 Å². The molecule has 0 aromatic rings. The Morgan fingerprint density at radius 3 is 3.10 bits per heavy atom. The van der Waals surface area contributed by atoms with E-state index in [1.165, 1.54) is 19.3 Å². The second-order valence-corrected chi connectivity index (χ2v) is 3.18. The summed E-state index contributed by atoms with van der Waals surface area (Å²) < 4.78 is 11.0. The van der Waals surface area contributed by atoms with Gasteiger partial charge < -0.3 is 9.47 Å². The van der Waals surface area contributed by atoms with Gasteiger partial charge in [0.1, 0.15) is 0 Å². The van der Waals surface area contributed by atoms with Crippen molar-refractivity contribution in [1.82, 2.24) is 0 Å². The standard InChI is InChI=1S/C8H14O2/c1-2-8-7(3-5-10-8)6-9-4-1/h7-8H,1-6H2. The predicted octanol–water partition coefficient (Wildman–Crippen LogP) is 1.20. The average Bonchev–Trinajstić information content (AvgIpc) is 2.28. The summed E-state index contributed by atoms with van der Waals surface area (Å²) in [6, 6.07) is 0. The van der Waals surface area contributed by atoms with Crippen LogP contribution in [0.3, 0.4) is 0 Å². The third kappa shape index (κ3) is 1.18. The molecule has 2 atom stereocenters. The lowest BCUT2D eigenvalue weighted by Crippen LogP contribution is -2.17. The third-order valence-electron chi connectivity index (χ3n) is 2.46. The van der Waals surface area contributed by atoms with Crippen LogP contribution in [0, 0.1) is 5.92 Å². The van der Waals surface area contributed by atoms with E-state index in [0.717, 1.165) is 19.8 Å². The molecule has 0 N–H and O–H groups in total. The molecule has 58 valence electrons. The average molecular weight is 142 g/mol. The summed E-state index contributed by atoms with van der Waals surface area (Å²) in [7, 11) is 0. The molecule has 0 amide bonds. The fraction of sp³-hybridized carbons (Fsp3) is 1.00. The molecule has 0 spiro atoms. The summed E-state index contributed by atoms with van der Waals surface area (Å²) in [6.07, 6.45) is 4.14. The lowest BCUT2D eigenvalue weighted by atomic mass is 10.0. The number of hydrogen-bond acceptors (Lipinski definition) is 2. The van der Waals surface area contributed by atoms with Gasteiger partial charge in [-0.25, -0.2) is 0 Å². The van der Waals surface area contributed by atoms with Gasteiger partial charge in [-0.15, -0.1) is 0 Å². The molecule has 0 bridgehead atoms. The van der Waals surface area contributed by atoms with Crippen LogP contribution >= 0.6 is 0 Å². The molecule has 0 radical (unpaired) electrons. The van der Waals surface area contributed by atoms with Crippen LogP contribution in [-0.4, -0.2) is 25.9 Å². The second-order valence-electron chi connectivity index (χ2n) is 3.18. The lowest BCUT2D eigenvalue weighted by Gasteiger charge is -2.12. The maximum absolute atomic E-state index is 5.56. The first-order chi connectivity index (χ1) is 4.97. The fourth-order valence-corrected chi connectivity index (χ4v) is 1.82. The molecule has 2 aliphatic heterocycles. The van der Waals surface area contributed by atoms with Crippen molar-refractivity contribution in [3.63, 3.8) is 0 Å². The van der Waals surface area contributed by atoms with E-state index in [-0.39, 0.29) is 0 Å². The van der Waals surface area contributed by atoms with Gasteiger partial charge in [-0.05, 0) is 19.3 Å². The quantitative estimate of drug-likeness (QED) is 0.506. The maximum atomic E-state index is 5.56. The van der Waals surface area contributed by atoms with Gasteiger partial charge in [-0.3, -0.25) is 0 Å². The Hall–Kier alpha value is -0.0800.